The van der Waals surface area contributed by atoms with Crippen molar-refractivity contribution in [2.75, 3.05) is 26.1 Å². The molecule has 2 rings (SSSR count). The van der Waals surface area contributed by atoms with Crippen molar-refractivity contribution in [2.24, 2.45) is 0 Å². The second-order valence-corrected chi connectivity index (χ2v) is 5.93. The zero-order valence-corrected chi connectivity index (χ0v) is 16.1. The lowest BCUT2D eigenvalue weighted by Gasteiger charge is -2.11. The lowest BCUT2D eigenvalue weighted by molar-refractivity contribution is -0.123. The molecule has 2 N–H and O–H groups in total. The molecule has 0 aliphatic carbocycles. The van der Waals surface area contributed by atoms with E-state index in [9.17, 15) is 14.4 Å². The average Bonchev–Trinajstić information content (AvgIpc) is 2.69. The van der Waals surface area contributed by atoms with Gasteiger partial charge in [-0.15, -0.1) is 0 Å². The van der Waals surface area contributed by atoms with Crippen LogP contribution in [0.5, 0.6) is 11.5 Å². The van der Waals surface area contributed by atoms with Crippen LogP contribution >= 0.6 is 0 Å². The maximum atomic E-state index is 12.1. The van der Waals surface area contributed by atoms with E-state index >= 15 is 0 Å². The predicted octanol–water partition coefficient (Wildman–Crippen LogP) is 2.83. The molecule has 0 fully saturated rings. The Morgan fingerprint density at radius 2 is 1.61 bits per heavy atom. The Balaban J connectivity index is 1.90. The quantitative estimate of drug-likeness (QED) is 0.740. The second-order valence-electron chi connectivity index (χ2n) is 5.93. The van der Waals surface area contributed by atoms with Gasteiger partial charge in [0.05, 0.1) is 19.8 Å². The predicted molar refractivity (Wildman–Crippen MR) is 103 cm³/mol. The number of imide groups is 1. The third-order valence-corrected chi connectivity index (χ3v) is 4.03. The maximum absolute atomic E-state index is 12.1. The van der Waals surface area contributed by atoms with Crippen LogP contribution in [0.1, 0.15) is 21.5 Å². The Hall–Kier alpha value is -3.55. The van der Waals surface area contributed by atoms with E-state index in [-0.39, 0.29) is 5.56 Å². The molecule has 0 saturated heterocycles. The van der Waals surface area contributed by atoms with E-state index in [2.05, 4.69) is 10.6 Å². The molecule has 0 heterocycles. The summed E-state index contributed by atoms with van der Waals surface area (Å²) in [6.07, 6.45) is 0. The van der Waals surface area contributed by atoms with Gasteiger partial charge in [-0.25, -0.2) is 9.59 Å². The van der Waals surface area contributed by atoms with Crippen molar-refractivity contribution >= 4 is 23.6 Å². The zero-order valence-electron chi connectivity index (χ0n) is 16.1. The summed E-state index contributed by atoms with van der Waals surface area (Å²) < 4.78 is 15.1. The van der Waals surface area contributed by atoms with Gasteiger partial charge in [-0.3, -0.25) is 10.1 Å². The van der Waals surface area contributed by atoms with Crippen LogP contribution in [-0.2, 0) is 9.53 Å². The average molecular weight is 386 g/mol. The van der Waals surface area contributed by atoms with Crippen LogP contribution in [0.4, 0.5) is 10.5 Å². The Bertz CT molecular complexity index is 872. The summed E-state index contributed by atoms with van der Waals surface area (Å²) in [5, 5.41) is 4.70. The van der Waals surface area contributed by atoms with Crippen LogP contribution in [0.2, 0.25) is 0 Å². The second kappa shape index (κ2) is 9.40. The monoisotopic (exact) mass is 386 g/mol. The number of aryl methyl sites for hydroxylation is 1. The Morgan fingerprint density at radius 1 is 0.964 bits per heavy atom. The summed E-state index contributed by atoms with van der Waals surface area (Å²) >= 11 is 0. The van der Waals surface area contributed by atoms with Gasteiger partial charge < -0.3 is 19.5 Å². The number of amides is 3. The van der Waals surface area contributed by atoms with Crippen molar-refractivity contribution in [3.63, 3.8) is 0 Å². The Labute approximate surface area is 162 Å². The topological polar surface area (TPSA) is 103 Å². The molecule has 148 valence electrons. The largest absolute Gasteiger partial charge is 0.497 e. The summed E-state index contributed by atoms with van der Waals surface area (Å²) in [5.74, 6) is -0.694. The fourth-order valence-electron chi connectivity index (χ4n) is 2.34. The van der Waals surface area contributed by atoms with Gasteiger partial charge in [0.15, 0.2) is 6.61 Å². The van der Waals surface area contributed by atoms with E-state index in [0.29, 0.717) is 17.2 Å². The molecule has 0 aromatic heterocycles. The first-order valence-electron chi connectivity index (χ1n) is 8.41. The summed E-state index contributed by atoms with van der Waals surface area (Å²) in [4.78, 5) is 36.0. The van der Waals surface area contributed by atoms with E-state index in [1.807, 2.05) is 19.9 Å². The highest BCUT2D eigenvalue weighted by Gasteiger charge is 2.15. The molecule has 0 saturated carbocycles. The first-order chi connectivity index (χ1) is 13.3. The highest BCUT2D eigenvalue weighted by Crippen LogP contribution is 2.23. The van der Waals surface area contributed by atoms with Gasteiger partial charge in [-0.1, -0.05) is 12.1 Å². The first-order valence-corrected chi connectivity index (χ1v) is 8.41. The fourth-order valence-corrected chi connectivity index (χ4v) is 2.34. The van der Waals surface area contributed by atoms with Gasteiger partial charge >= 0.3 is 12.0 Å². The number of ether oxygens (including phenoxy) is 3. The van der Waals surface area contributed by atoms with Crippen molar-refractivity contribution in [1.82, 2.24) is 5.32 Å². The van der Waals surface area contributed by atoms with Crippen LogP contribution in [0.3, 0.4) is 0 Å². The van der Waals surface area contributed by atoms with Crippen molar-refractivity contribution in [3.05, 3.63) is 53.1 Å². The van der Waals surface area contributed by atoms with Crippen LogP contribution in [0.15, 0.2) is 36.4 Å². The van der Waals surface area contributed by atoms with Gasteiger partial charge in [0.1, 0.15) is 11.5 Å². The lowest BCUT2D eigenvalue weighted by Crippen LogP contribution is -2.37. The number of benzene rings is 2. The highest BCUT2D eigenvalue weighted by molar-refractivity contribution is 6.02. The van der Waals surface area contributed by atoms with Crippen LogP contribution in [0.25, 0.3) is 0 Å². The van der Waals surface area contributed by atoms with E-state index in [0.717, 1.165) is 11.1 Å². The molecule has 2 aromatic rings. The molecule has 28 heavy (non-hydrogen) atoms. The van der Waals surface area contributed by atoms with Crippen LogP contribution in [-0.4, -0.2) is 38.7 Å². The van der Waals surface area contributed by atoms with E-state index in [4.69, 9.17) is 14.2 Å². The third-order valence-electron chi connectivity index (χ3n) is 4.03. The van der Waals surface area contributed by atoms with E-state index < -0.39 is 24.5 Å². The maximum Gasteiger partial charge on any atom is 0.338 e. The number of anilines is 1. The molecule has 0 radical (unpaired) electrons. The Morgan fingerprint density at radius 3 is 2.21 bits per heavy atom. The smallest absolute Gasteiger partial charge is 0.338 e. The van der Waals surface area contributed by atoms with Gasteiger partial charge in [0, 0.05) is 11.8 Å². The standard InChI is InChI=1S/C20H22N2O6/c1-12-6-5-7-17(13(12)2)21-20(25)22-18(23)11-28-19(24)14-8-15(26-3)10-16(9-14)27-4/h5-10H,11H2,1-4H3,(H2,21,22,23,25). The number of rotatable bonds is 6. The number of hydrogen-bond acceptors (Lipinski definition) is 6. The van der Waals surface area contributed by atoms with Crippen molar-refractivity contribution in [2.45, 2.75) is 13.8 Å². The molecule has 0 bridgehead atoms. The van der Waals surface area contributed by atoms with Gasteiger partial charge in [0.25, 0.3) is 5.91 Å². The van der Waals surface area contributed by atoms with Gasteiger partial charge in [0.2, 0.25) is 0 Å². The molecule has 0 atom stereocenters. The van der Waals surface area contributed by atoms with Crippen molar-refractivity contribution in [1.29, 1.82) is 0 Å². The molecule has 3 amide bonds. The summed E-state index contributed by atoms with van der Waals surface area (Å²) in [7, 11) is 2.90. The summed E-state index contributed by atoms with van der Waals surface area (Å²) in [6, 6.07) is 9.23. The molecule has 8 nitrogen and oxygen atoms in total. The number of methoxy groups -OCH3 is 2. The highest BCUT2D eigenvalue weighted by atomic mass is 16.5. The molecular formula is C20H22N2O6. The molecule has 0 unspecified atom stereocenters. The number of urea groups is 1. The SMILES string of the molecule is COc1cc(OC)cc(C(=O)OCC(=O)NC(=O)Nc2cccc(C)c2C)c1. The number of carbonyl (C=O) groups excluding carboxylic acids is 3. The summed E-state index contributed by atoms with van der Waals surface area (Å²) in [6.45, 7) is 3.16. The van der Waals surface area contributed by atoms with Crippen LogP contribution in [0, 0.1) is 13.8 Å². The molecule has 0 aliphatic heterocycles. The first kappa shape index (κ1) is 20.8. The molecule has 0 spiro atoms. The Kier molecular flexibility index (Phi) is 6.97. The van der Waals surface area contributed by atoms with Gasteiger partial charge in [-0.05, 0) is 43.2 Å². The summed E-state index contributed by atoms with van der Waals surface area (Å²) in [5.41, 5.74) is 2.64. The number of carbonyl (C=O) groups is 3. The molecule has 0 aliphatic rings. The van der Waals surface area contributed by atoms with Crippen molar-refractivity contribution < 1.29 is 28.6 Å². The third kappa shape index (κ3) is 5.47. The normalized spacial score (nSPS) is 10.0. The minimum Gasteiger partial charge on any atom is -0.497 e. The zero-order chi connectivity index (χ0) is 20.7. The number of nitrogens with one attached hydrogen (secondary N) is 2. The molecular weight excluding hydrogens is 364 g/mol. The van der Waals surface area contributed by atoms with Crippen molar-refractivity contribution in [3.8, 4) is 11.5 Å². The fraction of sp³-hybridized carbons (Fsp3) is 0.250. The lowest BCUT2D eigenvalue weighted by atomic mass is 10.1. The minimum atomic E-state index is -0.758. The van der Waals surface area contributed by atoms with Crippen LogP contribution < -0.4 is 20.1 Å². The van der Waals surface area contributed by atoms with E-state index in [1.165, 1.54) is 26.4 Å². The van der Waals surface area contributed by atoms with Gasteiger partial charge in [-0.2, -0.15) is 0 Å². The molecule has 8 heteroatoms. The molecule has 2 aromatic carbocycles. The minimum absolute atomic E-state index is 0.156. The number of hydrogen-bond donors (Lipinski definition) is 2. The number of esters is 1. The van der Waals surface area contributed by atoms with E-state index in [1.54, 1.807) is 18.2 Å².